The van der Waals surface area contributed by atoms with Crippen molar-refractivity contribution in [3.05, 3.63) is 40.7 Å². The molecular formula is C11H11ClN4O2. The Morgan fingerprint density at radius 3 is 2.89 bits per heavy atom. The molecule has 0 aromatic carbocycles. The topological polar surface area (TPSA) is 94.0 Å². The predicted molar refractivity (Wildman–Crippen MR) is 66.1 cm³/mol. The summed E-state index contributed by atoms with van der Waals surface area (Å²) in [7, 11) is 0. The minimum atomic E-state index is -0.319. The van der Waals surface area contributed by atoms with Crippen molar-refractivity contribution in [3.8, 4) is 0 Å². The maximum Gasteiger partial charge on any atom is 0.253 e. The van der Waals surface area contributed by atoms with E-state index in [2.05, 4.69) is 15.3 Å². The SMILES string of the molecule is Cc1cnc(CNC(=O)c2cnc(N)c(Cl)c2)o1. The summed E-state index contributed by atoms with van der Waals surface area (Å²) in [4.78, 5) is 19.5. The number of aryl methyl sites for hydroxylation is 1. The van der Waals surface area contributed by atoms with Gasteiger partial charge in [0, 0.05) is 6.20 Å². The summed E-state index contributed by atoms with van der Waals surface area (Å²) in [6, 6.07) is 1.46. The third-order valence-corrected chi connectivity index (χ3v) is 2.50. The summed E-state index contributed by atoms with van der Waals surface area (Å²) in [5, 5.41) is 2.89. The number of anilines is 1. The number of pyridine rings is 1. The summed E-state index contributed by atoms with van der Waals surface area (Å²) >= 11 is 5.78. The number of carbonyl (C=O) groups is 1. The van der Waals surface area contributed by atoms with Crippen molar-refractivity contribution in [3.63, 3.8) is 0 Å². The van der Waals surface area contributed by atoms with E-state index in [1.807, 2.05) is 0 Å². The summed E-state index contributed by atoms with van der Waals surface area (Å²) in [5.74, 6) is 1.00. The predicted octanol–water partition coefficient (Wildman–Crippen LogP) is 1.54. The number of oxazole rings is 1. The molecule has 2 aromatic rings. The van der Waals surface area contributed by atoms with Gasteiger partial charge in [-0.05, 0) is 13.0 Å². The second kappa shape index (κ2) is 5.05. The number of nitrogens with zero attached hydrogens (tertiary/aromatic N) is 2. The van der Waals surface area contributed by atoms with E-state index in [9.17, 15) is 4.79 Å². The molecule has 3 N–H and O–H groups in total. The van der Waals surface area contributed by atoms with Crippen LogP contribution in [0.2, 0.25) is 5.02 Å². The Hall–Kier alpha value is -2.08. The molecule has 94 valence electrons. The summed E-state index contributed by atoms with van der Waals surface area (Å²) in [5.41, 5.74) is 5.79. The van der Waals surface area contributed by atoms with E-state index in [1.54, 1.807) is 13.1 Å². The molecule has 0 unspecified atom stereocenters. The van der Waals surface area contributed by atoms with Gasteiger partial charge < -0.3 is 15.5 Å². The smallest absolute Gasteiger partial charge is 0.253 e. The number of halogens is 1. The highest BCUT2D eigenvalue weighted by molar-refractivity contribution is 6.33. The molecule has 6 nitrogen and oxygen atoms in total. The zero-order valence-electron chi connectivity index (χ0n) is 9.61. The third kappa shape index (κ3) is 2.78. The first kappa shape index (κ1) is 12.4. The van der Waals surface area contributed by atoms with Crippen molar-refractivity contribution < 1.29 is 9.21 Å². The number of aromatic nitrogens is 2. The van der Waals surface area contributed by atoms with Gasteiger partial charge in [-0.3, -0.25) is 4.79 Å². The molecule has 1 amide bonds. The van der Waals surface area contributed by atoms with E-state index in [1.165, 1.54) is 12.3 Å². The van der Waals surface area contributed by atoms with Gasteiger partial charge in [0.15, 0.2) is 0 Å². The molecule has 2 heterocycles. The van der Waals surface area contributed by atoms with Crippen molar-refractivity contribution in [2.24, 2.45) is 0 Å². The lowest BCUT2D eigenvalue weighted by atomic mass is 10.2. The van der Waals surface area contributed by atoms with Gasteiger partial charge in [-0.1, -0.05) is 11.6 Å². The molecule has 0 spiro atoms. The largest absolute Gasteiger partial charge is 0.444 e. The normalized spacial score (nSPS) is 10.3. The van der Waals surface area contributed by atoms with Crippen LogP contribution in [0.5, 0.6) is 0 Å². The van der Waals surface area contributed by atoms with Gasteiger partial charge in [0.1, 0.15) is 11.6 Å². The van der Waals surface area contributed by atoms with Crippen LogP contribution >= 0.6 is 11.6 Å². The van der Waals surface area contributed by atoms with E-state index < -0.39 is 0 Å². The average Bonchev–Trinajstić information content (AvgIpc) is 2.75. The third-order valence-electron chi connectivity index (χ3n) is 2.20. The van der Waals surface area contributed by atoms with Gasteiger partial charge in [0.25, 0.3) is 5.91 Å². The second-order valence-corrected chi connectivity index (χ2v) is 4.05. The zero-order chi connectivity index (χ0) is 13.1. The molecule has 7 heteroatoms. The fourth-order valence-electron chi connectivity index (χ4n) is 1.31. The monoisotopic (exact) mass is 266 g/mol. The second-order valence-electron chi connectivity index (χ2n) is 3.64. The Morgan fingerprint density at radius 2 is 2.28 bits per heavy atom. The van der Waals surface area contributed by atoms with Gasteiger partial charge >= 0.3 is 0 Å². The number of hydrogen-bond acceptors (Lipinski definition) is 5. The number of amides is 1. The van der Waals surface area contributed by atoms with Crippen molar-refractivity contribution in [2.45, 2.75) is 13.5 Å². The van der Waals surface area contributed by atoms with Gasteiger partial charge in [0.05, 0.1) is 23.3 Å². The van der Waals surface area contributed by atoms with Crippen LogP contribution in [0.15, 0.2) is 22.9 Å². The van der Waals surface area contributed by atoms with Crippen LogP contribution in [0.3, 0.4) is 0 Å². The van der Waals surface area contributed by atoms with E-state index in [4.69, 9.17) is 21.8 Å². The molecule has 0 aliphatic carbocycles. The van der Waals surface area contributed by atoms with E-state index in [-0.39, 0.29) is 23.3 Å². The summed E-state index contributed by atoms with van der Waals surface area (Å²) in [6.07, 6.45) is 2.94. The fourth-order valence-corrected chi connectivity index (χ4v) is 1.48. The number of carbonyl (C=O) groups excluding carboxylic acids is 1. The lowest BCUT2D eigenvalue weighted by Gasteiger charge is -2.03. The van der Waals surface area contributed by atoms with Crippen LogP contribution in [0.1, 0.15) is 22.0 Å². The first-order valence-corrected chi connectivity index (χ1v) is 5.54. The van der Waals surface area contributed by atoms with E-state index in [0.29, 0.717) is 17.2 Å². The first-order chi connectivity index (χ1) is 8.56. The number of hydrogen-bond donors (Lipinski definition) is 2. The molecule has 0 radical (unpaired) electrons. The molecule has 0 atom stereocenters. The number of nitrogens with two attached hydrogens (primary N) is 1. The van der Waals surface area contributed by atoms with Gasteiger partial charge in [0.2, 0.25) is 5.89 Å². The molecule has 2 rings (SSSR count). The van der Waals surface area contributed by atoms with Crippen LogP contribution in [-0.2, 0) is 6.54 Å². The van der Waals surface area contributed by atoms with E-state index >= 15 is 0 Å². The van der Waals surface area contributed by atoms with Gasteiger partial charge in [-0.25, -0.2) is 9.97 Å². The Bertz CT molecular complexity index is 582. The Kier molecular flexibility index (Phi) is 3.47. The number of nitrogen functional groups attached to an aromatic ring is 1. The highest BCUT2D eigenvalue weighted by atomic mass is 35.5. The molecule has 0 saturated carbocycles. The number of nitrogens with one attached hydrogen (secondary N) is 1. The van der Waals surface area contributed by atoms with E-state index in [0.717, 1.165) is 0 Å². The molecule has 0 saturated heterocycles. The Balaban J connectivity index is 2.01. The Labute approximate surface area is 108 Å². The van der Waals surface area contributed by atoms with Crippen LogP contribution < -0.4 is 11.1 Å². The molecule has 18 heavy (non-hydrogen) atoms. The zero-order valence-corrected chi connectivity index (χ0v) is 10.4. The highest BCUT2D eigenvalue weighted by Crippen LogP contribution is 2.16. The maximum atomic E-state index is 11.8. The first-order valence-electron chi connectivity index (χ1n) is 5.17. The van der Waals surface area contributed by atoms with Crippen LogP contribution in [0, 0.1) is 6.92 Å². The van der Waals surface area contributed by atoms with Crippen molar-refractivity contribution in [1.29, 1.82) is 0 Å². The van der Waals surface area contributed by atoms with Gasteiger partial charge in [-0.15, -0.1) is 0 Å². The molecule has 2 aromatic heterocycles. The molecular weight excluding hydrogens is 256 g/mol. The summed E-state index contributed by atoms with van der Waals surface area (Å²) < 4.78 is 5.23. The van der Waals surface area contributed by atoms with Gasteiger partial charge in [-0.2, -0.15) is 0 Å². The quantitative estimate of drug-likeness (QED) is 0.879. The minimum Gasteiger partial charge on any atom is -0.444 e. The average molecular weight is 267 g/mol. The lowest BCUT2D eigenvalue weighted by Crippen LogP contribution is -2.23. The van der Waals surface area contributed by atoms with Crippen molar-refractivity contribution in [2.75, 3.05) is 5.73 Å². The summed E-state index contributed by atoms with van der Waals surface area (Å²) in [6.45, 7) is 1.98. The molecule has 0 bridgehead atoms. The minimum absolute atomic E-state index is 0.191. The highest BCUT2D eigenvalue weighted by Gasteiger charge is 2.09. The fraction of sp³-hybridized carbons (Fsp3) is 0.182. The molecule has 0 aliphatic heterocycles. The molecule has 0 fully saturated rings. The standard InChI is InChI=1S/C11H11ClN4O2/c1-6-3-14-9(18-6)5-16-11(17)7-2-8(12)10(13)15-4-7/h2-4H,5H2,1H3,(H2,13,15)(H,16,17). The lowest BCUT2D eigenvalue weighted by molar-refractivity contribution is 0.0947. The van der Waals surface area contributed by atoms with Crippen LogP contribution in [0.25, 0.3) is 0 Å². The number of rotatable bonds is 3. The maximum absolute atomic E-state index is 11.8. The van der Waals surface area contributed by atoms with Crippen molar-refractivity contribution in [1.82, 2.24) is 15.3 Å². The van der Waals surface area contributed by atoms with Crippen molar-refractivity contribution >= 4 is 23.3 Å². The molecule has 0 aliphatic rings. The van der Waals surface area contributed by atoms with Crippen LogP contribution in [-0.4, -0.2) is 15.9 Å². The Morgan fingerprint density at radius 1 is 1.50 bits per heavy atom. The van der Waals surface area contributed by atoms with Crippen LogP contribution in [0.4, 0.5) is 5.82 Å².